The van der Waals surface area contributed by atoms with Crippen LogP contribution >= 0.6 is 43.5 Å². The first-order valence-electron chi connectivity index (χ1n) is 6.14. The molecule has 0 aliphatic carbocycles. The monoisotopic (exact) mass is 433 g/mol. The van der Waals surface area contributed by atoms with Crippen LogP contribution in [0.3, 0.4) is 0 Å². The number of ether oxygens (including phenoxy) is 2. The number of halogens is 3. The fourth-order valence-electron chi connectivity index (χ4n) is 1.90. The second kappa shape index (κ2) is 7.38. The van der Waals surface area contributed by atoms with Gasteiger partial charge in [-0.1, -0.05) is 11.6 Å². The second-order valence-electron chi connectivity index (χ2n) is 4.29. The van der Waals surface area contributed by atoms with Gasteiger partial charge in [-0.25, -0.2) is 0 Å². The molecule has 0 aromatic heterocycles. The van der Waals surface area contributed by atoms with E-state index >= 15 is 0 Å². The lowest BCUT2D eigenvalue weighted by Gasteiger charge is -2.13. The molecule has 21 heavy (non-hydrogen) atoms. The Hall–Kier alpha value is -0.910. The van der Waals surface area contributed by atoms with Gasteiger partial charge in [0.1, 0.15) is 0 Å². The highest BCUT2D eigenvalue weighted by Gasteiger charge is 2.10. The van der Waals surface area contributed by atoms with E-state index in [0.717, 1.165) is 20.2 Å². The summed E-state index contributed by atoms with van der Waals surface area (Å²) in [4.78, 5) is 0. The van der Waals surface area contributed by atoms with Crippen LogP contribution in [0.4, 0.5) is 5.69 Å². The lowest BCUT2D eigenvalue weighted by molar-refractivity contribution is 0.352. The first-order chi connectivity index (χ1) is 10.0. The van der Waals surface area contributed by atoms with E-state index in [0.29, 0.717) is 23.1 Å². The molecule has 0 spiro atoms. The maximum atomic E-state index is 5.93. The molecule has 0 fully saturated rings. The maximum Gasteiger partial charge on any atom is 0.174 e. The average Bonchev–Trinajstić information content (AvgIpc) is 2.45. The predicted octanol–water partition coefficient (Wildman–Crippen LogP) is 5.49. The number of hydrogen-bond acceptors (Lipinski definition) is 3. The summed E-state index contributed by atoms with van der Waals surface area (Å²) in [6.45, 7) is 0.652. The minimum absolute atomic E-state index is 0.652. The van der Waals surface area contributed by atoms with E-state index in [9.17, 15) is 0 Å². The molecule has 112 valence electrons. The largest absolute Gasteiger partial charge is 0.493 e. The van der Waals surface area contributed by atoms with Crippen molar-refractivity contribution in [2.75, 3.05) is 19.5 Å². The molecule has 0 saturated carbocycles. The molecule has 0 unspecified atom stereocenters. The van der Waals surface area contributed by atoms with Crippen molar-refractivity contribution in [1.29, 1.82) is 0 Å². The van der Waals surface area contributed by atoms with Gasteiger partial charge in [0.25, 0.3) is 0 Å². The topological polar surface area (TPSA) is 30.5 Å². The first-order valence-corrected chi connectivity index (χ1v) is 8.11. The minimum atomic E-state index is 0.652. The molecule has 0 aliphatic heterocycles. The zero-order valence-corrected chi connectivity index (χ0v) is 15.5. The number of anilines is 1. The number of methoxy groups -OCH3 is 2. The number of hydrogen-bond donors (Lipinski definition) is 1. The summed E-state index contributed by atoms with van der Waals surface area (Å²) in [6.07, 6.45) is 0. The lowest BCUT2D eigenvalue weighted by atomic mass is 10.2. The van der Waals surface area contributed by atoms with Gasteiger partial charge < -0.3 is 14.8 Å². The first kappa shape index (κ1) is 16.5. The molecule has 2 rings (SSSR count). The van der Waals surface area contributed by atoms with Crippen LogP contribution in [0.25, 0.3) is 0 Å². The van der Waals surface area contributed by atoms with Gasteiger partial charge in [-0.3, -0.25) is 0 Å². The van der Waals surface area contributed by atoms with Crippen LogP contribution in [0.15, 0.2) is 39.3 Å². The Labute approximate surface area is 145 Å². The summed E-state index contributed by atoms with van der Waals surface area (Å²) in [5.41, 5.74) is 2.05. The van der Waals surface area contributed by atoms with Crippen molar-refractivity contribution in [3.05, 3.63) is 49.9 Å². The van der Waals surface area contributed by atoms with Gasteiger partial charge >= 0.3 is 0 Å². The Morgan fingerprint density at radius 2 is 1.81 bits per heavy atom. The van der Waals surface area contributed by atoms with Gasteiger partial charge in [0.2, 0.25) is 0 Å². The van der Waals surface area contributed by atoms with Crippen molar-refractivity contribution in [3.63, 3.8) is 0 Å². The summed E-state index contributed by atoms with van der Waals surface area (Å²) >= 11 is 12.9. The van der Waals surface area contributed by atoms with Crippen molar-refractivity contribution in [2.45, 2.75) is 6.54 Å². The highest BCUT2D eigenvalue weighted by molar-refractivity contribution is 9.11. The van der Waals surface area contributed by atoms with Crippen LogP contribution in [0.2, 0.25) is 5.02 Å². The molecular formula is C15H14Br2ClNO2. The molecule has 2 aromatic carbocycles. The number of benzene rings is 2. The van der Waals surface area contributed by atoms with Gasteiger partial charge in [-0.2, -0.15) is 0 Å². The normalized spacial score (nSPS) is 10.3. The number of nitrogens with one attached hydrogen (secondary N) is 1. The quantitative estimate of drug-likeness (QED) is 0.673. The van der Waals surface area contributed by atoms with Crippen LogP contribution in [-0.2, 0) is 6.54 Å². The molecule has 2 aromatic rings. The molecule has 0 heterocycles. The van der Waals surface area contributed by atoms with Crippen molar-refractivity contribution in [1.82, 2.24) is 0 Å². The Kier molecular flexibility index (Phi) is 5.79. The van der Waals surface area contributed by atoms with Gasteiger partial charge in [0.05, 0.1) is 18.7 Å². The van der Waals surface area contributed by atoms with Crippen LogP contribution < -0.4 is 14.8 Å². The van der Waals surface area contributed by atoms with E-state index in [4.69, 9.17) is 21.1 Å². The number of rotatable bonds is 5. The average molecular weight is 436 g/mol. The van der Waals surface area contributed by atoms with Crippen molar-refractivity contribution in [3.8, 4) is 11.5 Å². The fourth-order valence-corrected chi connectivity index (χ4v) is 3.38. The van der Waals surface area contributed by atoms with E-state index in [1.54, 1.807) is 14.2 Å². The van der Waals surface area contributed by atoms with Gasteiger partial charge in [-0.05, 0) is 67.8 Å². The molecule has 0 atom stereocenters. The Morgan fingerprint density at radius 3 is 2.43 bits per heavy atom. The third kappa shape index (κ3) is 4.05. The Balaban J connectivity index is 2.18. The van der Waals surface area contributed by atoms with Crippen LogP contribution in [0.5, 0.6) is 11.5 Å². The van der Waals surface area contributed by atoms with E-state index in [1.165, 1.54) is 0 Å². The molecule has 0 amide bonds. The smallest absolute Gasteiger partial charge is 0.174 e. The molecule has 0 bridgehead atoms. The van der Waals surface area contributed by atoms with Crippen molar-refractivity contribution in [2.24, 2.45) is 0 Å². The van der Waals surface area contributed by atoms with Gasteiger partial charge in [0.15, 0.2) is 11.5 Å². The SMILES string of the molecule is COc1cc(CNc2ccc(Cl)cc2Br)cc(Br)c1OC. The summed E-state index contributed by atoms with van der Waals surface area (Å²) in [5, 5.41) is 4.05. The maximum absolute atomic E-state index is 5.93. The van der Waals surface area contributed by atoms with Crippen LogP contribution in [-0.4, -0.2) is 14.2 Å². The zero-order valence-electron chi connectivity index (χ0n) is 11.5. The van der Waals surface area contributed by atoms with Crippen LogP contribution in [0, 0.1) is 0 Å². The fraction of sp³-hybridized carbons (Fsp3) is 0.200. The highest BCUT2D eigenvalue weighted by Crippen LogP contribution is 2.36. The lowest BCUT2D eigenvalue weighted by Crippen LogP contribution is -2.01. The van der Waals surface area contributed by atoms with E-state index in [-0.39, 0.29) is 0 Å². The molecule has 3 nitrogen and oxygen atoms in total. The summed E-state index contributed by atoms with van der Waals surface area (Å²) < 4.78 is 12.4. The Bertz CT molecular complexity index is 650. The second-order valence-corrected chi connectivity index (χ2v) is 6.44. The third-order valence-corrected chi connectivity index (χ3v) is 4.39. The Morgan fingerprint density at radius 1 is 1.05 bits per heavy atom. The predicted molar refractivity (Wildman–Crippen MR) is 93.7 cm³/mol. The standard InChI is InChI=1S/C15H14Br2ClNO2/c1-20-14-6-9(5-12(17)15(14)21-2)8-19-13-4-3-10(18)7-11(13)16/h3-7,19H,8H2,1-2H3. The molecule has 0 aliphatic rings. The summed E-state index contributed by atoms with van der Waals surface area (Å²) in [7, 11) is 3.24. The van der Waals surface area contributed by atoms with Crippen molar-refractivity contribution < 1.29 is 9.47 Å². The van der Waals surface area contributed by atoms with E-state index in [1.807, 2.05) is 30.3 Å². The minimum Gasteiger partial charge on any atom is -0.493 e. The molecule has 0 radical (unpaired) electrons. The molecular weight excluding hydrogens is 421 g/mol. The summed E-state index contributed by atoms with van der Waals surface area (Å²) in [5.74, 6) is 1.38. The van der Waals surface area contributed by atoms with E-state index < -0.39 is 0 Å². The zero-order chi connectivity index (χ0) is 15.4. The van der Waals surface area contributed by atoms with Crippen molar-refractivity contribution >= 4 is 49.1 Å². The summed E-state index contributed by atoms with van der Waals surface area (Å²) in [6, 6.07) is 9.58. The van der Waals surface area contributed by atoms with Crippen LogP contribution in [0.1, 0.15) is 5.56 Å². The highest BCUT2D eigenvalue weighted by atomic mass is 79.9. The molecule has 0 saturated heterocycles. The van der Waals surface area contributed by atoms with Gasteiger partial charge in [-0.15, -0.1) is 0 Å². The third-order valence-electron chi connectivity index (χ3n) is 2.91. The van der Waals surface area contributed by atoms with Gasteiger partial charge in [0, 0.05) is 21.7 Å². The molecule has 1 N–H and O–H groups in total. The van der Waals surface area contributed by atoms with E-state index in [2.05, 4.69) is 37.2 Å². The molecule has 6 heteroatoms.